The van der Waals surface area contributed by atoms with Gasteiger partial charge in [-0.25, -0.2) is 9.59 Å². The molecule has 3 amide bonds. The zero-order valence-corrected chi connectivity index (χ0v) is 25.5. The summed E-state index contributed by atoms with van der Waals surface area (Å²) in [5.41, 5.74) is 0.744. The lowest BCUT2D eigenvalue weighted by Crippen LogP contribution is -2.49. The van der Waals surface area contributed by atoms with Crippen molar-refractivity contribution in [1.29, 1.82) is 0 Å². The average molecular weight is 605 g/mol. The summed E-state index contributed by atoms with van der Waals surface area (Å²) in [6.45, 7) is 7.58. The number of aromatic amines is 1. The molecule has 0 radical (unpaired) electrons. The highest BCUT2D eigenvalue weighted by molar-refractivity contribution is 6.38. The molecule has 3 N–H and O–H groups in total. The molecule has 1 aliphatic rings. The molecular weight excluding hydrogens is 564 g/mol. The zero-order chi connectivity index (χ0) is 31.7. The number of aromatic nitrogens is 3. The largest absolute Gasteiger partial charge is 0.444 e. The van der Waals surface area contributed by atoms with Crippen LogP contribution in [0.2, 0.25) is 0 Å². The van der Waals surface area contributed by atoms with Gasteiger partial charge in [-0.15, -0.1) is 5.10 Å². The third kappa shape index (κ3) is 8.00. The Kier molecular flexibility index (Phi) is 10.7. The first kappa shape index (κ1) is 32.2. The van der Waals surface area contributed by atoms with Gasteiger partial charge >= 0.3 is 12.2 Å². The fraction of sp³-hybridized carbons (Fsp3) is 0.438. The van der Waals surface area contributed by atoms with Crippen molar-refractivity contribution in [3.05, 3.63) is 78.1 Å². The number of H-pyrrole nitrogens is 1. The Morgan fingerprint density at radius 2 is 1.73 bits per heavy atom. The molecule has 12 heteroatoms. The molecule has 0 bridgehead atoms. The summed E-state index contributed by atoms with van der Waals surface area (Å²) in [5, 5.41) is 15.9. The third-order valence-corrected chi connectivity index (χ3v) is 8.06. The Morgan fingerprint density at radius 3 is 2.36 bits per heavy atom. The van der Waals surface area contributed by atoms with E-state index in [-0.39, 0.29) is 13.0 Å². The number of rotatable bonds is 12. The molecule has 1 fully saturated rings. The normalized spacial score (nSPS) is 18.6. The number of likely N-dealkylation sites (tertiary alicyclic amines) is 1. The van der Waals surface area contributed by atoms with Gasteiger partial charge in [-0.1, -0.05) is 87.4 Å². The number of nitrogens with one attached hydrogen (secondary N) is 3. The molecule has 12 nitrogen and oxygen atoms in total. The lowest BCUT2D eigenvalue weighted by molar-refractivity contribution is -0.139. The number of amides is 3. The smallest absolute Gasteiger partial charge is 0.415 e. The predicted molar refractivity (Wildman–Crippen MR) is 162 cm³/mol. The maximum Gasteiger partial charge on any atom is 0.415 e. The number of hydrogen-bond acceptors (Lipinski definition) is 8. The van der Waals surface area contributed by atoms with Crippen molar-refractivity contribution in [2.75, 3.05) is 6.54 Å². The van der Waals surface area contributed by atoms with Crippen LogP contribution in [-0.2, 0) is 20.7 Å². The Balaban J connectivity index is 1.45. The van der Waals surface area contributed by atoms with Crippen molar-refractivity contribution in [1.82, 2.24) is 30.9 Å². The SMILES string of the molecule is CCCC[C@H](NC(=O)O[C@@H]1CN(C(=O)Oc2ccccc2)C(Cc2c[nH]nn2)C1(C)C)C(=O)C(=O)N[C@H](C)c1ccccc1. The van der Waals surface area contributed by atoms with Crippen molar-refractivity contribution in [3.8, 4) is 5.75 Å². The van der Waals surface area contributed by atoms with Gasteiger partial charge in [-0.2, -0.15) is 0 Å². The van der Waals surface area contributed by atoms with E-state index in [2.05, 4.69) is 26.0 Å². The van der Waals surface area contributed by atoms with Crippen LogP contribution in [0.1, 0.15) is 64.3 Å². The van der Waals surface area contributed by atoms with Gasteiger partial charge in [0, 0.05) is 24.1 Å². The van der Waals surface area contributed by atoms with Gasteiger partial charge < -0.3 is 25.0 Å². The van der Waals surface area contributed by atoms with E-state index >= 15 is 0 Å². The fourth-order valence-corrected chi connectivity index (χ4v) is 5.33. The molecule has 0 aliphatic carbocycles. The summed E-state index contributed by atoms with van der Waals surface area (Å²) in [7, 11) is 0. The standard InChI is InChI=1S/C32H40N6O6/c1-5-6-17-25(28(39)29(40)34-21(2)22-13-9-7-10-14-22)35-30(41)44-27-20-38(31(42)43-24-15-11-8-12-16-24)26(32(27,3)4)18-23-19-33-37-36-23/h7-16,19,21,25-27H,5-6,17-18,20H2,1-4H3,(H,34,40)(H,35,41)(H,33,36,37)/t21-,25+,26?,27-/m1/s1. The van der Waals surface area contributed by atoms with Gasteiger partial charge in [0.1, 0.15) is 17.9 Å². The summed E-state index contributed by atoms with van der Waals surface area (Å²) < 4.78 is 11.5. The monoisotopic (exact) mass is 604 g/mol. The number of carbonyl (C=O) groups excluding carboxylic acids is 4. The number of ketones is 1. The first-order chi connectivity index (χ1) is 21.1. The Hall–Kier alpha value is -4.74. The molecule has 234 valence electrons. The molecular formula is C32H40N6O6. The summed E-state index contributed by atoms with van der Waals surface area (Å²) >= 11 is 0. The molecule has 2 heterocycles. The van der Waals surface area contributed by atoms with Crippen LogP contribution in [0.4, 0.5) is 9.59 Å². The second-order valence-corrected chi connectivity index (χ2v) is 11.5. The van der Waals surface area contributed by atoms with Crippen LogP contribution in [0.25, 0.3) is 0 Å². The topological polar surface area (TPSA) is 156 Å². The van der Waals surface area contributed by atoms with E-state index in [1.165, 1.54) is 4.90 Å². The number of alkyl carbamates (subject to hydrolysis) is 1. The highest BCUT2D eigenvalue weighted by Gasteiger charge is 2.52. The van der Waals surface area contributed by atoms with Crippen LogP contribution in [0.5, 0.6) is 5.75 Å². The van der Waals surface area contributed by atoms with E-state index in [4.69, 9.17) is 9.47 Å². The van der Waals surface area contributed by atoms with Crippen LogP contribution >= 0.6 is 0 Å². The number of ether oxygens (including phenoxy) is 2. The number of benzene rings is 2. The van der Waals surface area contributed by atoms with Crippen LogP contribution in [0.3, 0.4) is 0 Å². The predicted octanol–water partition coefficient (Wildman–Crippen LogP) is 4.36. The zero-order valence-electron chi connectivity index (χ0n) is 25.5. The van der Waals surface area contributed by atoms with E-state index in [1.54, 1.807) is 37.4 Å². The van der Waals surface area contributed by atoms with Crippen molar-refractivity contribution in [2.45, 2.75) is 77.6 Å². The van der Waals surface area contributed by atoms with Crippen molar-refractivity contribution < 1.29 is 28.7 Å². The minimum atomic E-state index is -1.07. The molecule has 1 aliphatic heterocycles. The molecule has 4 rings (SSSR count). The van der Waals surface area contributed by atoms with Gasteiger partial charge in [0.05, 0.1) is 18.3 Å². The van der Waals surface area contributed by atoms with Gasteiger partial charge in [0.2, 0.25) is 5.78 Å². The van der Waals surface area contributed by atoms with E-state index < -0.39 is 53.5 Å². The highest BCUT2D eigenvalue weighted by Crippen LogP contribution is 2.40. The molecule has 2 aromatic carbocycles. The van der Waals surface area contributed by atoms with Gasteiger partial charge in [0.15, 0.2) is 0 Å². The van der Waals surface area contributed by atoms with E-state index in [0.29, 0.717) is 24.3 Å². The number of Topliss-reactive ketones (excluding diaryl/α,β-unsaturated/α-hetero) is 1. The molecule has 0 spiro atoms. The molecule has 44 heavy (non-hydrogen) atoms. The maximum absolute atomic E-state index is 13.3. The molecule has 3 aromatic rings. The number of para-hydroxylation sites is 1. The van der Waals surface area contributed by atoms with E-state index in [0.717, 1.165) is 12.0 Å². The van der Waals surface area contributed by atoms with Crippen molar-refractivity contribution >= 4 is 23.9 Å². The number of carbonyl (C=O) groups is 4. The third-order valence-electron chi connectivity index (χ3n) is 8.06. The van der Waals surface area contributed by atoms with Crippen LogP contribution in [0.15, 0.2) is 66.9 Å². The fourth-order valence-electron chi connectivity index (χ4n) is 5.33. The minimum absolute atomic E-state index is 0.0528. The number of unbranched alkanes of at least 4 members (excludes halogenated alkanes) is 1. The molecule has 1 unspecified atom stereocenters. The second kappa shape index (κ2) is 14.6. The van der Waals surface area contributed by atoms with Gasteiger partial charge in [-0.3, -0.25) is 14.7 Å². The molecule has 4 atom stereocenters. The van der Waals surface area contributed by atoms with Crippen molar-refractivity contribution in [3.63, 3.8) is 0 Å². The second-order valence-electron chi connectivity index (χ2n) is 11.5. The van der Waals surface area contributed by atoms with Crippen molar-refractivity contribution in [2.24, 2.45) is 5.41 Å². The molecule has 1 saturated heterocycles. The first-order valence-corrected chi connectivity index (χ1v) is 14.9. The Morgan fingerprint density at radius 1 is 1.05 bits per heavy atom. The van der Waals surface area contributed by atoms with Crippen LogP contribution in [-0.4, -0.2) is 68.9 Å². The quantitative estimate of drug-likeness (QED) is 0.258. The lowest BCUT2D eigenvalue weighted by atomic mass is 9.80. The van der Waals surface area contributed by atoms with Crippen LogP contribution < -0.4 is 15.4 Å². The van der Waals surface area contributed by atoms with E-state index in [1.807, 2.05) is 57.2 Å². The summed E-state index contributed by atoms with van der Waals surface area (Å²) in [6.07, 6.45) is 1.45. The maximum atomic E-state index is 13.3. The Bertz CT molecular complexity index is 1400. The average Bonchev–Trinajstić information content (AvgIpc) is 3.62. The first-order valence-electron chi connectivity index (χ1n) is 14.9. The van der Waals surface area contributed by atoms with Gasteiger partial charge in [0.25, 0.3) is 5.91 Å². The number of hydrogen-bond donors (Lipinski definition) is 3. The summed E-state index contributed by atoms with van der Waals surface area (Å²) in [4.78, 5) is 54.2. The summed E-state index contributed by atoms with van der Waals surface area (Å²) in [5.74, 6) is -1.15. The minimum Gasteiger partial charge on any atom is -0.444 e. The summed E-state index contributed by atoms with van der Waals surface area (Å²) in [6, 6.07) is 16.1. The number of nitrogens with zero attached hydrogens (tertiary/aromatic N) is 3. The molecule has 1 aromatic heterocycles. The van der Waals surface area contributed by atoms with Crippen LogP contribution in [0, 0.1) is 5.41 Å². The van der Waals surface area contributed by atoms with E-state index in [9.17, 15) is 19.2 Å². The lowest BCUT2D eigenvalue weighted by Gasteiger charge is -2.33. The molecule has 0 saturated carbocycles. The van der Waals surface area contributed by atoms with Gasteiger partial charge in [-0.05, 0) is 31.0 Å². The Labute approximate surface area is 256 Å². The highest BCUT2D eigenvalue weighted by atomic mass is 16.6.